The summed E-state index contributed by atoms with van der Waals surface area (Å²) in [5, 5.41) is 3.23. The molecule has 1 aliphatic heterocycles. The van der Waals surface area contributed by atoms with Gasteiger partial charge in [-0.05, 0) is 50.3 Å². The second-order valence-electron chi connectivity index (χ2n) is 7.35. The lowest BCUT2D eigenvalue weighted by atomic mass is 9.84. The van der Waals surface area contributed by atoms with Crippen LogP contribution in [0.15, 0.2) is 30.3 Å². The van der Waals surface area contributed by atoms with E-state index in [4.69, 9.17) is 5.73 Å². The van der Waals surface area contributed by atoms with Crippen molar-refractivity contribution in [1.29, 1.82) is 0 Å². The van der Waals surface area contributed by atoms with Crippen molar-refractivity contribution in [3.05, 3.63) is 35.9 Å². The van der Waals surface area contributed by atoms with E-state index in [1.807, 2.05) is 35.2 Å². The van der Waals surface area contributed by atoms with Crippen LogP contribution < -0.4 is 11.1 Å². The number of carbonyl (C=O) groups excluding carboxylic acids is 2. The zero-order chi connectivity index (χ0) is 17.6. The summed E-state index contributed by atoms with van der Waals surface area (Å²) in [5.41, 5.74) is 6.56. The van der Waals surface area contributed by atoms with E-state index in [9.17, 15) is 9.59 Å². The van der Waals surface area contributed by atoms with Crippen LogP contribution in [-0.2, 0) is 4.79 Å². The van der Waals surface area contributed by atoms with Crippen LogP contribution in [0.5, 0.6) is 0 Å². The number of nitrogens with two attached hydrogens (primary N) is 1. The highest BCUT2D eigenvalue weighted by atomic mass is 35.5. The molecular weight excluding hydrogens is 350 g/mol. The smallest absolute Gasteiger partial charge is 0.253 e. The highest BCUT2D eigenvalue weighted by Gasteiger charge is 2.32. The molecule has 1 aromatic rings. The predicted octanol–water partition coefficient (Wildman–Crippen LogP) is 2.59. The van der Waals surface area contributed by atoms with Crippen molar-refractivity contribution in [2.45, 2.75) is 44.6 Å². The molecule has 144 valence electrons. The van der Waals surface area contributed by atoms with Crippen molar-refractivity contribution in [1.82, 2.24) is 10.2 Å². The first-order valence-corrected chi connectivity index (χ1v) is 9.54. The van der Waals surface area contributed by atoms with Gasteiger partial charge in [0.2, 0.25) is 5.91 Å². The van der Waals surface area contributed by atoms with E-state index in [1.165, 1.54) is 6.42 Å². The summed E-state index contributed by atoms with van der Waals surface area (Å²) in [6.45, 7) is 1.88. The minimum Gasteiger partial charge on any atom is -0.353 e. The molecule has 3 N–H and O–H groups in total. The van der Waals surface area contributed by atoms with Gasteiger partial charge < -0.3 is 16.0 Å². The zero-order valence-corrected chi connectivity index (χ0v) is 16.0. The molecule has 3 atom stereocenters. The molecule has 0 bridgehead atoms. The van der Waals surface area contributed by atoms with E-state index < -0.39 is 0 Å². The molecule has 0 radical (unpaired) electrons. The molecule has 1 aliphatic carbocycles. The minimum absolute atomic E-state index is 0. The molecule has 0 aromatic heterocycles. The maximum atomic E-state index is 12.7. The van der Waals surface area contributed by atoms with Gasteiger partial charge in [0, 0.05) is 24.7 Å². The number of halogens is 1. The summed E-state index contributed by atoms with van der Waals surface area (Å²) in [6.07, 6.45) is 6.21. The molecule has 3 unspecified atom stereocenters. The Morgan fingerprint density at radius 3 is 2.54 bits per heavy atom. The van der Waals surface area contributed by atoms with Gasteiger partial charge >= 0.3 is 0 Å². The number of hydrogen-bond donors (Lipinski definition) is 2. The fourth-order valence-electron chi connectivity index (χ4n) is 4.12. The van der Waals surface area contributed by atoms with Gasteiger partial charge in [0.15, 0.2) is 0 Å². The van der Waals surface area contributed by atoms with Crippen LogP contribution in [0.25, 0.3) is 0 Å². The molecule has 2 amide bonds. The zero-order valence-electron chi connectivity index (χ0n) is 15.2. The Hall–Kier alpha value is -1.59. The highest BCUT2D eigenvalue weighted by molar-refractivity contribution is 5.94. The topological polar surface area (TPSA) is 75.4 Å². The number of hydrogen-bond acceptors (Lipinski definition) is 3. The quantitative estimate of drug-likeness (QED) is 0.844. The SMILES string of the molecule is Cl.NCC1CCCCC1NC(=O)C1CCCN(C(=O)c2ccccc2)C1. The first-order chi connectivity index (χ1) is 12.2. The van der Waals surface area contributed by atoms with Gasteiger partial charge in [0.1, 0.15) is 0 Å². The normalized spacial score (nSPS) is 25.9. The maximum Gasteiger partial charge on any atom is 0.253 e. The average molecular weight is 380 g/mol. The first kappa shape index (κ1) is 20.7. The summed E-state index contributed by atoms with van der Waals surface area (Å²) in [5.74, 6) is 0.400. The van der Waals surface area contributed by atoms with Gasteiger partial charge in [-0.25, -0.2) is 0 Å². The van der Waals surface area contributed by atoms with Crippen LogP contribution in [0.4, 0.5) is 0 Å². The van der Waals surface area contributed by atoms with Gasteiger partial charge in [-0.2, -0.15) is 0 Å². The number of nitrogens with zero attached hydrogens (tertiary/aromatic N) is 1. The van der Waals surface area contributed by atoms with Crippen molar-refractivity contribution in [2.24, 2.45) is 17.6 Å². The monoisotopic (exact) mass is 379 g/mol. The third kappa shape index (κ3) is 4.98. The van der Waals surface area contributed by atoms with Crippen LogP contribution >= 0.6 is 12.4 Å². The van der Waals surface area contributed by atoms with Crippen LogP contribution in [0, 0.1) is 11.8 Å². The summed E-state index contributed by atoms with van der Waals surface area (Å²) in [4.78, 5) is 27.2. The highest BCUT2D eigenvalue weighted by Crippen LogP contribution is 2.25. The Labute approximate surface area is 162 Å². The number of nitrogens with one attached hydrogen (secondary N) is 1. The molecule has 2 aliphatic rings. The average Bonchev–Trinajstić information content (AvgIpc) is 2.68. The lowest BCUT2D eigenvalue weighted by molar-refractivity contribution is -0.127. The van der Waals surface area contributed by atoms with Crippen molar-refractivity contribution in [3.63, 3.8) is 0 Å². The summed E-state index contributed by atoms with van der Waals surface area (Å²) >= 11 is 0. The number of piperidine rings is 1. The van der Waals surface area contributed by atoms with Gasteiger partial charge in [-0.1, -0.05) is 31.0 Å². The molecule has 0 spiro atoms. The van der Waals surface area contributed by atoms with Gasteiger partial charge in [0.25, 0.3) is 5.91 Å². The summed E-state index contributed by atoms with van der Waals surface area (Å²) in [7, 11) is 0. The fraction of sp³-hybridized carbons (Fsp3) is 0.600. The number of carbonyl (C=O) groups is 2. The molecule has 1 heterocycles. The van der Waals surface area contributed by atoms with Crippen LogP contribution in [0.2, 0.25) is 0 Å². The fourth-order valence-corrected chi connectivity index (χ4v) is 4.12. The maximum absolute atomic E-state index is 12.7. The molecule has 5 nitrogen and oxygen atoms in total. The Kier molecular flexibility index (Phi) is 7.91. The number of benzene rings is 1. The van der Waals surface area contributed by atoms with E-state index in [1.54, 1.807) is 0 Å². The lowest BCUT2D eigenvalue weighted by Crippen LogP contribution is -2.50. The second-order valence-corrected chi connectivity index (χ2v) is 7.35. The molecule has 26 heavy (non-hydrogen) atoms. The third-order valence-electron chi connectivity index (χ3n) is 5.64. The third-order valence-corrected chi connectivity index (χ3v) is 5.64. The van der Waals surface area contributed by atoms with Crippen molar-refractivity contribution in [2.75, 3.05) is 19.6 Å². The lowest BCUT2D eigenvalue weighted by Gasteiger charge is -2.35. The van der Waals surface area contributed by atoms with Gasteiger partial charge in [-0.15, -0.1) is 12.4 Å². The van der Waals surface area contributed by atoms with E-state index in [0.29, 0.717) is 24.6 Å². The summed E-state index contributed by atoms with van der Waals surface area (Å²) < 4.78 is 0. The van der Waals surface area contributed by atoms with Crippen molar-refractivity contribution < 1.29 is 9.59 Å². The molecule has 1 aromatic carbocycles. The predicted molar refractivity (Wildman–Crippen MR) is 105 cm³/mol. The number of amides is 2. The Morgan fingerprint density at radius 1 is 1.08 bits per heavy atom. The molecule has 1 saturated heterocycles. The van der Waals surface area contributed by atoms with Crippen molar-refractivity contribution >= 4 is 24.2 Å². The molecule has 1 saturated carbocycles. The standard InChI is InChI=1S/C20H29N3O2.ClH/c21-13-16-9-4-5-11-18(16)22-19(24)17-10-6-12-23(14-17)20(25)15-7-2-1-3-8-15;/h1-3,7-8,16-18H,4-6,9-14,21H2,(H,22,24);1H. The van der Waals surface area contributed by atoms with Crippen LogP contribution in [0.1, 0.15) is 48.9 Å². The van der Waals surface area contributed by atoms with E-state index in [0.717, 1.165) is 38.6 Å². The molecule has 6 heteroatoms. The minimum atomic E-state index is -0.109. The van der Waals surface area contributed by atoms with Gasteiger partial charge in [0.05, 0.1) is 5.92 Å². The van der Waals surface area contributed by atoms with E-state index in [2.05, 4.69) is 5.32 Å². The van der Waals surface area contributed by atoms with Gasteiger partial charge in [-0.3, -0.25) is 9.59 Å². The molecular formula is C20H30ClN3O2. The molecule has 2 fully saturated rings. The second kappa shape index (κ2) is 9.93. The number of likely N-dealkylation sites (tertiary alicyclic amines) is 1. The largest absolute Gasteiger partial charge is 0.353 e. The van der Waals surface area contributed by atoms with E-state index >= 15 is 0 Å². The van der Waals surface area contributed by atoms with Crippen molar-refractivity contribution in [3.8, 4) is 0 Å². The Bertz CT molecular complexity index is 596. The first-order valence-electron chi connectivity index (χ1n) is 9.54. The van der Waals surface area contributed by atoms with Crippen LogP contribution in [-0.4, -0.2) is 42.4 Å². The Balaban J connectivity index is 0.00000243. The molecule has 3 rings (SSSR count). The summed E-state index contributed by atoms with van der Waals surface area (Å²) in [6, 6.07) is 9.52. The Morgan fingerprint density at radius 2 is 1.81 bits per heavy atom. The van der Waals surface area contributed by atoms with Crippen LogP contribution in [0.3, 0.4) is 0 Å². The number of rotatable bonds is 4. The van der Waals surface area contributed by atoms with E-state index in [-0.39, 0.29) is 36.2 Å².